The Bertz CT molecular complexity index is 495. The second-order valence-electron chi connectivity index (χ2n) is 6.18. The summed E-state index contributed by atoms with van der Waals surface area (Å²) in [5, 5.41) is 5.30. The summed E-state index contributed by atoms with van der Waals surface area (Å²) in [5.41, 5.74) is -1.27. The molecule has 0 aliphatic heterocycles. The fraction of sp³-hybridized carbons (Fsp3) is 0.765. The lowest BCUT2D eigenvalue weighted by molar-refractivity contribution is -0.170. The Morgan fingerprint density at radius 1 is 0.633 bits per heavy atom. The first kappa shape index (κ1) is 29.2. The summed E-state index contributed by atoms with van der Waals surface area (Å²) in [5.74, 6) is -0.947. The molecule has 0 saturated heterocycles. The van der Waals surface area contributed by atoms with Crippen LogP contribution in [0.5, 0.6) is 0 Å². The van der Waals surface area contributed by atoms with Gasteiger partial charge < -0.3 is 18.9 Å². The number of carbonyl (C=O) groups excluding carboxylic acids is 4. The summed E-state index contributed by atoms with van der Waals surface area (Å²) in [6, 6.07) is 0. The van der Waals surface area contributed by atoms with Crippen molar-refractivity contribution in [1.29, 1.82) is 0 Å². The van der Waals surface area contributed by atoms with Gasteiger partial charge >= 0.3 is 23.9 Å². The molecule has 0 rings (SSSR count). The smallest absolute Gasteiger partial charge is 0.306 e. The van der Waals surface area contributed by atoms with Gasteiger partial charge in [0.05, 0.1) is 25.7 Å². The molecule has 0 fully saturated rings. The third-order valence-electron chi connectivity index (χ3n) is 3.53. The number of rotatable bonds is 17. The molecule has 0 unspecified atom stereocenters. The number of carbonyl (C=O) groups is 4. The number of hydrogen-bond acceptors (Lipinski definition) is 13. The molecule has 0 aliphatic carbocycles. The van der Waals surface area contributed by atoms with E-state index in [0.717, 1.165) is 11.9 Å². The number of thiol groups is 3. The van der Waals surface area contributed by atoms with E-state index in [2.05, 4.69) is 37.9 Å². The Labute approximate surface area is 197 Å². The lowest BCUT2D eigenvalue weighted by Gasteiger charge is -2.31. The SMILES string of the molecule is NSCCC(=O)OCC(COC(=O)CCS)(COC(=O)CCS)COC(=O)CCS. The predicted octanol–water partition coefficient (Wildman–Crippen LogP) is 1.10. The van der Waals surface area contributed by atoms with E-state index < -0.39 is 29.3 Å². The van der Waals surface area contributed by atoms with Crippen molar-refractivity contribution in [2.24, 2.45) is 10.6 Å². The van der Waals surface area contributed by atoms with Crippen molar-refractivity contribution in [3.8, 4) is 0 Å². The molecule has 0 aromatic carbocycles. The minimum atomic E-state index is -1.27. The molecule has 0 heterocycles. The van der Waals surface area contributed by atoms with Crippen LogP contribution in [0.4, 0.5) is 0 Å². The zero-order valence-electron chi connectivity index (χ0n) is 16.6. The molecular formula is C17H29NO8S4. The minimum Gasteiger partial charge on any atom is -0.465 e. The van der Waals surface area contributed by atoms with Gasteiger partial charge in [-0.2, -0.15) is 37.9 Å². The summed E-state index contributed by atoms with van der Waals surface area (Å²) >= 11 is 12.9. The highest BCUT2D eigenvalue weighted by molar-refractivity contribution is 7.97. The van der Waals surface area contributed by atoms with E-state index >= 15 is 0 Å². The normalized spacial score (nSPS) is 10.9. The molecule has 0 amide bonds. The van der Waals surface area contributed by atoms with E-state index in [1.807, 2.05) is 0 Å². The van der Waals surface area contributed by atoms with Crippen molar-refractivity contribution in [2.75, 3.05) is 49.4 Å². The topological polar surface area (TPSA) is 131 Å². The maximum absolute atomic E-state index is 11.9. The average molecular weight is 504 g/mol. The third kappa shape index (κ3) is 14.3. The summed E-state index contributed by atoms with van der Waals surface area (Å²) in [6.07, 6.45) is 0.248. The van der Waals surface area contributed by atoms with Crippen LogP contribution >= 0.6 is 49.8 Å². The molecule has 0 aliphatic rings. The van der Waals surface area contributed by atoms with Crippen molar-refractivity contribution in [3.05, 3.63) is 0 Å². The Morgan fingerprint density at radius 3 is 1.20 bits per heavy atom. The number of nitrogens with two attached hydrogens (primary N) is 1. The number of hydrogen-bond donors (Lipinski definition) is 4. The average Bonchev–Trinajstić information content (AvgIpc) is 2.72. The van der Waals surface area contributed by atoms with Crippen LogP contribution in [0.2, 0.25) is 0 Å². The van der Waals surface area contributed by atoms with Gasteiger partial charge in [-0.05, 0) is 0 Å². The van der Waals surface area contributed by atoms with Crippen LogP contribution in [0.3, 0.4) is 0 Å². The lowest BCUT2D eigenvalue weighted by Crippen LogP contribution is -2.44. The summed E-state index contributed by atoms with van der Waals surface area (Å²) in [6.45, 7) is -1.17. The Hall–Kier alpha value is -0.760. The predicted molar refractivity (Wildman–Crippen MR) is 123 cm³/mol. The highest BCUT2D eigenvalue weighted by atomic mass is 32.2. The maximum Gasteiger partial charge on any atom is 0.306 e. The van der Waals surface area contributed by atoms with Gasteiger partial charge in [-0.25, -0.2) is 0 Å². The van der Waals surface area contributed by atoms with E-state index in [0.29, 0.717) is 5.75 Å². The molecule has 174 valence electrons. The van der Waals surface area contributed by atoms with Gasteiger partial charge in [0.25, 0.3) is 0 Å². The fourth-order valence-electron chi connectivity index (χ4n) is 1.89. The highest BCUT2D eigenvalue weighted by Gasteiger charge is 2.37. The van der Waals surface area contributed by atoms with Gasteiger partial charge in [-0.3, -0.25) is 24.3 Å². The first-order chi connectivity index (χ1) is 14.3. The van der Waals surface area contributed by atoms with E-state index in [1.54, 1.807) is 0 Å². The zero-order chi connectivity index (χ0) is 22.8. The van der Waals surface area contributed by atoms with E-state index in [4.69, 9.17) is 24.1 Å². The molecule has 0 radical (unpaired) electrons. The third-order valence-corrected chi connectivity index (χ3v) is 4.64. The van der Waals surface area contributed by atoms with Gasteiger partial charge in [0.15, 0.2) is 0 Å². The quantitative estimate of drug-likeness (QED) is 0.0990. The lowest BCUT2D eigenvalue weighted by atomic mass is 9.92. The van der Waals surface area contributed by atoms with E-state index in [9.17, 15) is 19.2 Å². The second kappa shape index (κ2) is 17.9. The molecule has 0 atom stereocenters. The summed E-state index contributed by atoms with van der Waals surface area (Å²) in [7, 11) is 0. The molecule has 2 N–H and O–H groups in total. The van der Waals surface area contributed by atoms with Crippen molar-refractivity contribution < 1.29 is 38.1 Å². The van der Waals surface area contributed by atoms with Crippen molar-refractivity contribution in [1.82, 2.24) is 0 Å². The zero-order valence-corrected chi connectivity index (χ0v) is 20.1. The molecule has 0 aromatic heterocycles. The second-order valence-corrected chi connectivity index (χ2v) is 8.27. The van der Waals surface area contributed by atoms with Crippen LogP contribution in [0.15, 0.2) is 0 Å². The number of ether oxygens (including phenoxy) is 4. The highest BCUT2D eigenvalue weighted by Crippen LogP contribution is 2.22. The van der Waals surface area contributed by atoms with Gasteiger partial charge in [-0.1, -0.05) is 11.9 Å². The molecule has 30 heavy (non-hydrogen) atoms. The minimum absolute atomic E-state index is 0.0611. The molecule has 0 spiro atoms. The Balaban J connectivity index is 5.36. The van der Waals surface area contributed by atoms with Gasteiger partial charge in [0.2, 0.25) is 0 Å². The van der Waals surface area contributed by atoms with Gasteiger partial charge in [-0.15, -0.1) is 0 Å². The number of esters is 4. The van der Waals surface area contributed by atoms with Crippen LogP contribution in [0, 0.1) is 5.41 Å². The monoisotopic (exact) mass is 503 g/mol. The molecule has 0 saturated carbocycles. The van der Waals surface area contributed by atoms with Crippen molar-refractivity contribution in [2.45, 2.75) is 25.7 Å². The standard InChI is InChI=1S/C17H29NO8S4/c18-30-8-4-16(22)26-12-17(9-23-13(19)1-5-27,10-24-14(20)2-6-28)11-25-15(21)3-7-29/h27-29H,1-12,18H2. The first-order valence-electron chi connectivity index (χ1n) is 9.09. The van der Waals surface area contributed by atoms with Crippen molar-refractivity contribution >= 4 is 73.7 Å². The molecule has 0 aromatic rings. The Kier molecular flexibility index (Phi) is 17.4. The summed E-state index contributed by atoms with van der Waals surface area (Å²) in [4.78, 5) is 47.4. The van der Waals surface area contributed by atoms with Crippen molar-refractivity contribution in [3.63, 3.8) is 0 Å². The summed E-state index contributed by atoms with van der Waals surface area (Å²) < 4.78 is 20.9. The van der Waals surface area contributed by atoms with Crippen LogP contribution in [-0.2, 0) is 38.1 Å². The molecular weight excluding hydrogens is 474 g/mol. The van der Waals surface area contributed by atoms with E-state index in [1.165, 1.54) is 0 Å². The molecule has 0 bridgehead atoms. The van der Waals surface area contributed by atoms with Gasteiger partial charge in [0.1, 0.15) is 31.8 Å². The molecule has 13 heteroatoms. The van der Waals surface area contributed by atoms with Crippen LogP contribution in [0.25, 0.3) is 0 Å². The van der Waals surface area contributed by atoms with Crippen LogP contribution < -0.4 is 5.14 Å². The largest absolute Gasteiger partial charge is 0.465 e. The van der Waals surface area contributed by atoms with Gasteiger partial charge in [0, 0.05) is 23.0 Å². The first-order valence-corrected chi connectivity index (χ1v) is 12.0. The molecule has 9 nitrogen and oxygen atoms in total. The van der Waals surface area contributed by atoms with Crippen LogP contribution in [0.1, 0.15) is 25.7 Å². The van der Waals surface area contributed by atoms with E-state index in [-0.39, 0.29) is 69.4 Å². The maximum atomic E-state index is 11.9. The fourth-order valence-corrected chi connectivity index (χ4v) is 2.72. The van der Waals surface area contributed by atoms with Crippen LogP contribution in [-0.4, -0.2) is 73.3 Å². The Morgan fingerprint density at radius 2 is 0.933 bits per heavy atom.